The van der Waals surface area contributed by atoms with E-state index < -0.39 is 5.25 Å². The maximum atomic E-state index is 13.1. The number of rotatable bonds is 4. The molecule has 0 radical (unpaired) electrons. The number of likely N-dealkylation sites (tertiary alicyclic amines) is 1. The van der Waals surface area contributed by atoms with Crippen molar-refractivity contribution in [2.75, 3.05) is 18.4 Å². The van der Waals surface area contributed by atoms with Crippen molar-refractivity contribution in [2.45, 2.75) is 29.5 Å². The van der Waals surface area contributed by atoms with E-state index in [0.29, 0.717) is 19.6 Å². The molecule has 2 aromatic carbocycles. The number of halogens is 1. The first-order valence-corrected chi connectivity index (χ1v) is 11.6. The van der Waals surface area contributed by atoms with Crippen molar-refractivity contribution in [2.24, 2.45) is 5.92 Å². The molecule has 156 valence electrons. The Bertz CT molecular complexity index is 984. The zero-order valence-electron chi connectivity index (χ0n) is 16.3. The fourth-order valence-corrected chi connectivity index (χ4v) is 5.27. The smallest absolute Gasteiger partial charge is 0.247 e. The number of nitrogens with zero attached hydrogens (tertiary/aromatic N) is 1. The van der Waals surface area contributed by atoms with E-state index in [9.17, 15) is 14.4 Å². The van der Waals surface area contributed by atoms with E-state index in [-0.39, 0.29) is 23.6 Å². The summed E-state index contributed by atoms with van der Waals surface area (Å²) in [5, 5.41) is 4.97. The molecule has 2 atom stereocenters. The fraction of sp³-hybridized carbons (Fsp3) is 0.318. The number of thioether (sulfide) groups is 1. The summed E-state index contributed by atoms with van der Waals surface area (Å²) in [6.07, 6.45) is 1.48. The van der Waals surface area contributed by atoms with E-state index in [1.165, 1.54) is 11.8 Å². The third kappa shape index (κ3) is 4.70. The van der Waals surface area contributed by atoms with Crippen molar-refractivity contribution < 1.29 is 14.4 Å². The topological polar surface area (TPSA) is 78.5 Å². The summed E-state index contributed by atoms with van der Waals surface area (Å²) in [6, 6.07) is 15.3. The molecule has 2 heterocycles. The highest BCUT2D eigenvalue weighted by Crippen LogP contribution is 2.36. The van der Waals surface area contributed by atoms with Crippen LogP contribution in [0.1, 0.15) is 18.4 Å². The van der Waals surface area contributed by atoms with Gasteiger partial charge in [0.25, 0.3) is 0 Å². The zero-order chi connectivity index (χ0) is 21.1. The van der Waals surface area contributed by atoms with Crippen LogP contribution in [0, 0.1) is 5.92 Å². The highest BCUT2D eigenvalue weighted by Gasteiger charge is 2.38. The average molecular weight is 488 g/mol. The van der Waals surface area contributed by atoms with Gasteiger partial charge in [-0.15, -0.1) is 11.8 Å². The molecule has 3 amide bonds. The molecular formula is C22H22BrN3O3S. The molecular weight excluding hydrogens is 466 g/mol. The van der Waals surface area contributed by atoms with Crippen molar-refractivity contribution >= 4 is 51.1 Å². The normalized spacial score (nSPS) is 20.8. The number of benzene rings is 2. The number of carbonyl (C=O) groups excluding carboxylic acids is 3. The minimum Gasteiger partial charge on any atom is -0.352 e. The SMILES string of the molecule is O=C(NCc1cccc(Br)c1)[C@H]1CCCN(C(=O)[C@H]2Sc3ccccc3NC2=O)C1. The summed E-state index contributed by atoms with van der Waals surface area (Å²) in [4.78, 5) is 40.8. The van der Waals surface area contributed by atoms with Crippen LogP contribution in [-0.2, 0) is 20.9 Å². The van der Waals surface area contributed by atoms with Gasteiger partial charge in [0.15, 0.2) is 5.25 Å². The summed E-state index contributed by atoms with van der Waals surface area (Å²) in [5.74, 6) is -0.848. The maximum Gasteiger partial charge on any atom is 0.247 e. The van der Waals surface area contributed by atoms with Gasteiger partial charge < -0.3 is 15.5 Å². The van der Waals surface area contributed by atoms with E-state index in [1.807, 2.05) is 48.5 Å². The quantitative estimate of drug-likeness (QED) is 0.647. The molecule has 8 heteroatoms. The molecule has 6 nitrogen and oxygen atoms in total. The van der Waals surface area contributed by atoms with E-state index in [4.69, 9.17) is 0 Å². The van der Waals surface area contributed by atoms with E-state index in [0.717, 1.165) is 33.5 Å². The van der Waals surface area contributed by atoms with E-state index in [2.05, 4.69) is 26.6 Å². The number of fused-ring (bicyclic) bond motifs is 1. The Morgan fingerprint density at radius 2 is 2.03 bits per heavy atom. The first kappa shape index (κ1) is 20.9. The van der Waals surface area contributed by atoms with Crippen molar-refractivity contribution in [3.05, 3.63) is 58.6 Å². The second kappa shape index (κ2) is 9.22. The number of anilines is 1. The first-order valence-electron chi connectivity index (χ1n) is 9.89. The molecule has 2 N–H and O–H groups in total. The van der Waals surface area contributed by atoms with Crippen molar-refractivity contribution in [1.29, 1.82) is 0 Å². The highest BCUT2D eigenvalue weighted by molar-refractivity contribution is 9.10. The standard InChI is InChI=1S/C22H22BrN3O3S/c23-16-7-3-5-14(11-16)12-24-20(27)15-6-4-10-26(13-15)22(29)19-21(28)25-17-8-1-2-9-18(17)30-19/h1-3,5,7-9,11,15,19H,4,6,10,12-13H2,(H,24,27)(H,25,28)/t15-,19-/m0/s1. The van der Waals surface area contributed by atoms with Gasteiger partial charge in [0.2, 0.25) is 17.7 Å². The van der Waals surface area contributed by atoms with Crippen LogP contribution in [-0.4, -0.2) is 41.0 Å². The molecule has 0 saturated carbocycles. The Hall–Kier alpha value is -2.32. The Morgan fingerprint density at radius 3 is 2.87 bits per heavy atom. The van der Waals surface area contributed by atoms with Crippen LogP contribution in [0.2, 0.25) is 0 Å². The molecule has 0 unspecified atom stereocenters. The van der Waals surface area contributed by atoms with Crippen LogP contribution < -0.4 is 10.6 Å². The minimum absolute atomic E-state index is 0.0569. The van der Waals surface area contributed by atoms with E-state index in [1.54, 1.807) is 4.90 Å². The van der Waals surface area contributed by atoms with Gasteiger partial charge in [-0.1, -0.05) is 40.2 Å². The van der Waals surface area contributed by atoms with Crippen LogP contribution in [0.4, 0.5) is 5.69 Å². The third-order valence-electron chi connectivity index (χ3n) is 5.31. The van der Waals surface area contributed by atoms with Crippen molar-refractivity contribution in [1.82, 2.24) is 10.2 Å². The van der Waals surface area contributed by atoms with Crippen LogP contribution in [0.15, 0.2) is 57.9 Å². The summed E-state index contributed by atoms with van der Waals surface area (Å²) in [5.41, 5.74) is 1.75. The van der Waals surface area contributed by atoms with Crippen LogP contribution in [0.5, 0.6) is 0 Å². The number of amides is 3. The van der Waals surface area contributed by atoms with Crippen LogP contribution in [0.25, 0.3) is 0 Å². The van der Waals surface area contributed by atoms with Gasteiger partial charge in [-0.2, -0.15) is 0 Å². The number of nitrogens with one attached hydrogen (secondary N) is 2. The minimum atomic E-state index is -0.816. The number of hydrogen-bond acceptors (Lipinski definition) is 4. The molecule has 0 aromatic heterocycles. The third-order valence-corrected chi connectivity index (χ3v) is 7.07. The largest absolute Gasteiger partial charge is 0.352 e. The van der Waals surface area contributed by atoms with E-state index >= 15 is 0 Å². The predicted octanol–water partition coefficient (Wildman–Crippen LogP) is 3.42. The average Bonchev–Trinajstić information content (AvgIpc) is 2.76. The van der Waals surface area contributed by atoms with Gasteiger partial charge in [-0.25, -0.2) is 0 Å². The molecule has 1 saturated heterocycles. The summed E-state index contributed by atoms with van der Waals surface area (Å²) in [6.45, 7) is 1.36. The Morgan fingerprint density at radius 1 is 1.20 bits per heavy atom. The Kier molecular flexibility index (Phi) is 6.43. The molecule has 2 aromatic rings. The lowest BCUT2D eigenvalue weighted by Gasteiger charge is -2.35. The lowest BCUT2D eigenvalue weighted by Crippen LogP contribution is -2.50. The molecule has 2 aliphatic heterocycles. The van der Waals surface area contributed by atoms with Crippen LogP contribution >= 0.6 is 27.7 Å². The molecule has 0 aliphatic carbocycles. The molecule has 1 fully saturated rings. The Balaban J connectivity index is 1.37. The highest BCUT2D eigenvalue weighted by atomic mass is 79.9. The zero-order valence-corrected chi connectivity index (χ0v) is 18.7. The molecule has 0 spiro atoms. The second-order valence-corrected chi connectivity index (χ2v) is 9.52. The van der Waals surface area contributed by atoms with Gasteiger partial charge >= 0.3 is 0 Å². The summed E-state index contributed by atoms with van der Waals surface area (Å²) >= 11 is 4.71. The molecule has 0 bridgehead atoms. The van der Waals surface area contributed by atoms with Gasteiger partial charge in [0.1, 0.15) is 0 Å². The molecule has 30 heavy (non-hydrogen) atoms. The molecule has 4 rings (SSSR count). The van der Waals surface area contributed by atoms with Crippen molar-refractivity contribution in [3.63, 3.8) is 0 Å². The number of hydrogen-bond donors (Lipinski definition) is 2. The van der Waals surface area contributed by atoms with Gasteiger partial charge in [-0.05, 0) is 42.7 Å². The van der Waals surface area contributed by atoms with Gasteiger partial charge in [0.05, 0.1) is 11.6 Å². The Labute approximate surface area is 187 Å². The first-order chi connectivity index (χ1) is 14.5. The number of piperidine rings is 1. The van der Waals surface area contributed by atoms with Crippen molar-refractivity contribution in [3.8, 4) is 0 Å². The van der Waals surface area contributed by atoms with Gasteiger partial charge in [0, 0.05) is 29.0 Å². The summed E-state index contributed by atoms with van der Waals surface area (Å²) in [7, 11) is 0. The second-order valence-electron chi connectivity index (χ2n) is 7.45. The number of carbonyl (C=O) groups is 3. The number of para-hydroxylation sites is 1. The van der Waals surface area contributed by atoms with Crippen LogP contribution in [0.3, 0.4) is 0 Å². The predicted molar refractivity (Wildman–Crippen MR) is 120 cm³/mol. The monoisotopic (exact) mass is 487 g/mol. The lowest BCUT2D eigenvalue weighted by atomic mass is 9.96. The molecule has 2 aliphatic rings. The lowest BCUT2D eigenvalue weighted by molar-refractivity contribution is -0.137. The van der Waals surface area contributed by atoms with Gasteiger partial charge in [-0.3, -0.25) is 14.4 Å². The summed E-state index contributed by atoms with van der Waals surface area (Å²) < 4.78 is 0.966. The maximum absolute atomic E-state index is 13.1. The fourth-order valence-electron chi connectivity index (χ4n) is 3.75.